The van der Waals surface area contributed by atoms with Crippen LogP contribution < -0.4 is 29.6 Å². The fourth-order valence-corrected chi connectivity index (χ4v) is 7.87. The number of sulfonamides is 1. The molecule has 0 bridgehead atoms. The van der Waals surface area contributed by atoms with E-state index in [2.05, 4.69) is 26.9 Å². The Bertz CT molecular complexity index is 2010. The fraction of sp³-hybridized carbons (Fsp3) is 0.432. The lowest BCUT2D eigenvalue weighted by Crippen LogP contribution is -2.60. The maximum Gasteiger partial charge on any atom is 0.413 e. The minimum absolute atomic E-state index is 0.0157. The second kappa shape index (κ2) is 14.1. The summed E-state index contributed by atoms with van der Waals surface area (Å²) in [5, 5.41) is 6.44. The lowest BCUT2D eigenvalue weighted by atomic mass is 9.85. The summed E-state index contributed by atoms with van der Waals surface area (Å²) in [5.74, 6) is -1.88. The molecule has 0 unspecified atom stereocenters. The van der Waals surface area contributed by atoms with Crippen LogP contribution in [-0.4, -0.2) is 84.7 Å². The molecule has 6 rings (SSSR count). The number of nitrogens with zero attached hydrogens (tertiary/aromatic N) is 2. The summed E-state index contributed by atoms with van der Waals surface area (Å²) in [6, 6.07) is 13.6. The first kappa shape index (κ1) is 36.6. The van der Waals surface area contributed by atoms with Crippen LogP contribution in [0.15, 0.2) is 73.4 Å². The lowest BCUT2D eigenvalue weighted by Gasteiger charge is -2.35. The average Bonchev–Trinajstić information content (AvgIpc) is 4.03. The number of amides is 4. The molecule has 1 saturated heterocycles. The third-order valence-corrected chi connectivity index (χ3v) is 11.5. The largest absolute Gasteiger partial charge is 0.493 e. The standard InChI is InChI=1S/C37H43N5O9S/c1-6-23-20-37(23,34(45)41-52(47,48)25-15-16-25)40-31(43)27-19-24(50-32-26-12-8-7-11-22(26)17-18-38-32)21-42(27)33(44)30(36(2,3)4)39-35(46)51-29-14-10-9-13-28(29)49-5/h6-14,17-18,23-25,27,30H,1,15-16,19-21H2,2-5H3,(H,39,46)(H,40,43)(H,41,45)/t23-,24-,27+,30-,37-/m1/s1. The van der Waals surface area contributed by atoms with Gasteiger partial charge < -0.3 is 29.7 Å². The maximum absolute atomic E-state index is 14.5. The Balaban J connectivity index is 1.27. The Morgan fingerprint density at radius 2 is 1.73 bits per heavy atom. The first-order valence-electron chi connectivity index (χ1n) is 17.1. The molecule has 1 aliphatic heterocycles. The van der Waals surface area contributed by atoms with E-state index in [0.29, 0.717) is 24.5 Å². The van der Waals surface area contributed by atoms with E-state index in [4.69, 9.17) is 14.2 Å². The molecule has 0 radical (unpaired) electrons. The number of aromatic nitrogens is 1. The Kier molecular flexibility index (Phi) is 9.92. The molecule has 14 nitrogen and oxygen atoms in total. The monoisotopic (exact) mass is 733 g/mol. The fourth-order valence-electron chi connectivity index (χ4n) is 6.50. The van der Waals surface area contributed by atoms with Gasteiger partial charge in [0.1, 0.15) is 23.7 Å². The van der Waals surface area contributed by atoms with Gasteiger partial charge in [0.05, 0.1) is 18.9 Å². The molecule has 0 spiro atoms. The summed E-state index contributed by atoms with van der Waals surface area (Å²) in [4.78, 5) is 61.2. The first-order valence-corrected chi connectivity index (χ1v) is 18.6. The van der Waals surface area contributed by atoms with Crippen LogP contribution in [0.25, 0.3) is 10.8 Å². The number of nitrogens with one attached hydrogen (secondary N) is 3. The number of hydrogen-bond acceptors (Lipinski definition) is 10. The number of ether oxygens (including phenoxy) is 3. The van der Waals surface area contributed by atoms with Gasteiger partial charge in [-0.25, -0.2) is 18.2 Å². The molecule has 2 saturated carbocycles. The van der Waals surface area contributed by atoms with E-state index in [1.807, 2.05) is 30.3 Å². The van der Waals surface area contributed by atoms with Crippen molar-refractivity contribution >= 4 is 44.6 Å². The Labute approximate surface area is 302 Å². The van der Waals surface area contributed by atoms with E-state index in [1.165, 1.54) is 18.1 Å². The predicted octanol–water partition coefficient (Wildman–Crippen LogP) is 3.46. The molecule has 2 aromatic carbocycles. The van der Waals surface area contributed by atoms with Crippen LogP contribution in [0.5, 0.6) is 17.4 Å². The number of methoxy groups -OCH3 is 1. The highest BCUT2D eigenvalue weighted by atomic mass is 32.2. The van der Waals surface area contributed by atoms with Crippen molar-refractivity contribution < 1.29 is 41.8 Å². The van der Waals surface area contributed by atoms with Crippen LogP contribution >= 0.6 is 0 Å². The van der Waals surface area contributed by atoms with Gasteiger partial charge in [-0.2, -0.15) is 0 Å². The van der Waals surface area contributed by atoms with Crippen LogP contribution in [-0.2, 0) is 24.4 Å². The van der Waals surface area contributed by atoms with Gasteiger partial charge >= 0.3 is 6.09 Å². The van der Waals surface area contributed by atoms with E-state index in [0.717, 1.165) is 10.8 Å². The molecular weight excluding hydrogens is 691 g/mol. The van der Waals surface area contributed by atoms with Crippen LogP contribution in [0, 0.1) is 11.3 Å². The van der Waals surface area contributed by atoms with Gasteiger partial charge in [-0.3, -0.25) is 19.1 Å². The number of carbonyl (C=O) groups excluding carboxylic acids is 4. The number of para-hydroxylation sites is 2. The first-order chi connectivity index (χ1) is 24.7. The summed E-state index contributed by atoms with van der Waals surface area (Å²) in [6.45, 7) is 8.99. The number of benzene rings is 2. The molecule has 4 amide bonds. The van der Waals surface area contributed by atoms with Crippen molar-refractivity contribution in [3.05, 3.63) is 73.4 Å². The predicted molar refractivity (Wildman–Crippen MR) is 191 cm³/mol. The van der Waals surface area contributed by atoms with Crippen molar-refractivity contribution in [3.63, 3.8) is 0 Å². The van der Waals surface area contributed by atoms with Crippen LogP contribution in [0.1, 0.15) is 46.5 Å². The lowest BCUT2D eigenvalue weighted by molar-refractivity contribution is -0.142. The highest BCUT2D eigenvalue weighted by Crippen LogP contribution is 2.45. The molecule has 2 aliphatic carbocycles. The minimum atomic E-state index is -3.90. The van der Waals surface area contributed by atoms with E-state index in [-0.39, 0.29) is 25.1 Å². The zero-order chi connectivity index (χ0) is 37.4. The van der Waals surface area contributed by atoms with Crippen molar-refractivity contribution in [1.29, 1.82) is 0 Å². The van der Waals surface area contributed by atoms with Gasteiger partial charge in [0.2, 0.25) is 27.7 Å². The van der Waals surface area contributed by atoms with Crippen molar-refractivity contribution in [2.45, 2.75) is 75.4 Å². The summed E-state index contributed by atoms with van der Waals surface area (Å²) in [7, 11) is -2.47. The Hall–Kier alpha value is -5.18. The van der Waals surface area contributed by atoms with Crippen LogP contribution in [0.2, 0.25) is 0 Å². The highest BCUT2D eigenvalue weighted by Gasteiger charge is 2.62. The van der Waals surface area contributed by atoms with Gasteiger partial charge in [-0.1, -0.05) is 57.2 Å². The summed E-state index contributed by atoms with van der Waals surface area (Å²) < 4.78 is 44.6. The SMILES string of the molecule is C=C[C@@H]1C[C@]1(NC(=O)[C@@H]1C[C@@H](Oc2nccc3ccccc23)CN1C(=O)[C@@H](NC(=O)Oc1ccccc1OC)C(C)(C)C)C(=O)NS(=O)(=O)C1CC1. The van der Waals surface area contributed by atoms with Gasteiger partial charge in [0.25, 0.3) is 5.91 Å². The second-order valence-electron chi connectivity index (χ2n) is 14.5. The highest BCUT2D eigenvalue weighted by molar-refractivity contribution is 7.91. The molecule has 3 aliphatic rings. The van der Waals surface area contributed by atoms with Gasteiger partial charge in [-0.15, -0.1) is 6.58 Å². The molecule has 15 heteroatoms. The molecule has 1 aromatic heterocycles. The number of pyridine rings is 1. The van der Waals surface area contributed by atoms with E-state index >= 15 is 0 Å². The molecular formula is C37H43N5O9S. The zero-order valence-corrected chi connectivity index (χ0v) is 30.3. The van der Waals surface area contributed by atoms with E-state index in [9.17, 15) is 27.6 Å². The summed E-state index contributed by atoms with van der Waals surface area (Å²) in [5.41, 5.74) is -2.43. The van der Waals surface area contributed by atoms with E-state index < -0.39 is 74.1 Å². The topological polar surface area (TPSA) is 182 Å². The van der Waals surface area contributed by atoms with Crippen molar-refractivity contribution in [1.82, 2.24) is 25.2 Å². The molecule has 3 aromatic rings. The summed E-state index contributed by atoms with van der Waals surface area (Å²) in [6.07, 6.45) is 2.53. The summed E-state index contributed by atoms with van der Waals surface area (Å²) >= 11 is 0. The normalized spacial score (nSPS) is 23.2. The smallest absolute Gasteiger partial charge is 0.413 e. The molecule has 3 N–H and O–H groups in total. The Morgan fingerprint density at radius 3 is 2.38 bits per heavy atom. The average molecular weight is 734 g/mol. The Morgan fingerprint density at radius 1 is 1.04 bits per heavy atom. The van der Waals surface area contributed by atoms with Crippen LogP contribution in [0.4, 0.5) is 4.79 Å². The third kappa shape index (κ3) is 7.54. The maximum atomic E-state index is 14.5. The number of fused-ring (bicyclic) bond motifs is 1. The number of carbonyl (C=O) groups is 4. The van der Waals surface area contributed by atoms with Crippen molar-refractivity contribution in [2.24, 2.45) is 11.3 Å². The van der Waals surface area contributed by atoms with E-state index in [1.54, 1.807) is 51.2 Å². The molecule has 52 heavy (non-hydrogen) atoms. The number of likely N-dealkylation sites (tertiary alicyclic amines) is 1. The quantitative estimate of drug-likeness (QED) is 0.233. The molecule has 2 heterocycles. The number of rotatable bonds is 12. The number of hydrogen-bond donors (Lipinski definition) is 3. The van der Waals surface area contributed by atoms with Crippen LogP contribution in [0.3, 0.4) is 0 Å². The molecule has 5 atom stereocenters. The molecule has 276 valence electrons. The van der Waals surface area contributed by atoms with Crippen molar-refractivity contribution in [2.75, 3.05) is 13.7 Å². The molecule has 3 fully saturated rings. The van der Waals surface area contributed by atoms with Gasteiger partial charge in [0.15, 0.2) is 11.5 Å². The van der Waals surface area contributed by atoms with Crippen molar-refractivity contribution in [3.8, 4) is 17.4 Å². The minimum Gasteiger partial charge on any atom is -0.493 e. The second-order valence-corrected chi connectivity index (χ2v) is 16.4. The van der Waals surface area contributed by atoms with Gasteiger partial charge in [0, 0.05) is 23.9 Å². The zero-order valence-electron chi connectivity index (χ0n) is 29.5. The third-order valence-electron chi connectivity index (χ3n) is 9.66. The van der Waals surface area contributed by atoms with Gasteiger partial charge in [-0.05, 0) is 54.3 Å².